The molecule has 0 fully saturated rings. The molecule has 6 aromatic rings. The fraction of sp³-hybridized carbons (Fsp3) is 0.0645. The number of fused-ring (bicyclic) bond motifs is 2. The molecule has 0 aliphatic rings. The summed E-state index contributed by atoms with van der Waals surface area (Å²) in [5.41, 5.74) is 5.28. The highest BCUT2D eigenvalue weighted by Crippen LogP contribution is 2.30. The van der Waals surface area contributed by atoms with Gasteiger partial charge in [-0.25, -0.2) is 9.97 Å². The van der Waals surface area contributed by atoms with Crippen LogP contribution in [0.2, 0.25) is 0 Å². The summed E-state index contributed by atoms with van der Waals surface area (Å²) in [6.07, 6.45) is 1.82. The zero-order valence-electron chi connectivity index (χ0n) is 19.2. The summed E-state index contributed by atoms with van der Waals surface area (Å²) in [6.45, 7) is 0.711. The first kappa shape index (κ1) is 21.0. The molecule has 4 aromatic carbocycles. The SMILES string of the molecule is c1ccc(C(CNc2nc(-c3cccc4cccnc34)nc3ccccc23)c2ccccc2)cc1. The molecule has 0 unspecified atom stereocenters. The van der Waals surface area contributed by atoms with Gasteiger partial charge in [-0.3, -0.25) is 4.98 Å². The van der Waals surface area contributed by atoms with Gasteiger partial charge in [-0.2, -0.15) is 0 Å². The van der Waals surface area contributed by atoms with E-state index in [1.807, 2.05) is 42.6 Å². The topological polar surface area (TPSA) is 50.7 Å². The lowest BCUT2D eigenvalue weighted by Crippen LogP contribution is -2.15. The van der Waals surface area contributed by atoms with Crippen LogP contribution in [0.15, 0.2) is 121 Å². The Balaban J connectivity index is 1.43. The van der Waals surface area contributed by atoms with Gasteiger partial charge in [-0.1, -0.05) is 91.0 Å². The van der Waals surface area contributed by atoms with Crippen molar-refractivity contribution >= 4 is 27.6 Å². The predicted octanol–water partition coefficient (Wildman–Crippen LogP) is 7.09. The molecular formula is C31H24N4. The molecule has 1 N–H and O–H groups in total. The van der Waals surface area contributed by atoms with Crippen LogP contribution in [0, 0.1) is 0 Å². The van der Waals surface area contributed by atoms with Crippen LogP contribution in [-0.4, -0.2) is 21.5 Å². The number of anilines is 1. The van der Waals surface area contributed by atoms with Crippen LogP contribution in [0.1, 0.15) is 17.0 Å². The number of hydrogen-bond donors (Lipinski definition) is 1. The number of pyridine rings is 1. The first-order chi connectivity index (χ1) is 17.4. The van der Waals surface area contributed by atoms with Crippen molar-refractivity contribution < 1.29 is 0 Å². The van der Waals surface area contributed by atoms with Crippen LogP contribution in [-0.2, 0) is 0 Å². The number of nitrogens with zero attached hydrogens (tertiary/aromatic N) is 3. The highest BCUT2D eigenvalue weighted by Gasteiger charge is 2.17. The Bertz CT molecular complexity index is 1550. The van der Waals surface area contributed by atoms with Crippen LogP contribution in [0.5, 0.6) is 0 Å². The molecule has 35 heavy (non-hydrogen) atoms. The Morgan fingerprint density at radius 3 is 2.09 bits per heavy atom. The maximum absolute atomic E-state index is 5.02. The maximum atomic E-state index is 5.02. The molecule has 6 rings (SSSR count). The second-order valence-electron chi connectivity index (χ2n) is 8.55. The van der Waals surface area contributed by atoms with Gasteiger partial charge in [-0.15, -0.1) is 0 Å². The summed E-state index contributed by atoms with van der Waals surface area (Å²) >= 11 is 0. The van der Waals surface area contributed by atoms with E-state index < -0.39 is 0 Å². The minimum absolute atomic E-state index is 0.189. The van der Waals surface area contributed by atoms with Crippen LogP contribution >= 0.6 is 0 Å². The first-order valence-corrected chi connectivity index (χ1v) is 11.8. The van der Waals surface area contributed by atoms with E-state index >= 15 is 0 Å². The molecule has 2 aromatic heterocycles. The van der Waals surface area contributed by atoms with Crippen LogP contribution in [0.25, 0.3) is 33.2 Å². The average molecular weight is 453 g/mol. The fourth-order valence-corrected chi connectivity index (χ4v) is 4.61. The van der Waals surface area contributed by atoms with E-state index in [2.05, 4.69) is 89.2 Å². The third-order valence-electron chi connectivity index (χ3n) is 6.35. The van der Waals surface area contributed by atoms with Gasteiger partial charge < -0.3 is 5.32 Å². The summed E-state index contributed by atoms with van der Waals surface area (Å²) in [5, 5.41) is 5.75. The number of benzene rings is 4. The van der Waals surface area contributed by atoms with E-state index in [9.17, 15) is 0 Å². The summed E-state index contributed by atoms with van der Waals surface area (Å²) in [7, 11) is 0. The van der Waals surface area contributed by atoms with Gasteiger partial charge in [0.25, 0.3) is 0 Å². The van der Waals surface area contributed by atoms with Crippen molar-refractivity contribution in [2.75, 3.05) is 11.9 Å². The van der Waals surface area contributed by atoms with Crippen LogP contribution in [0.4, 0.5) is 5.82 Å². The van der Waals surface area contributed by atoms with Crippen molar-refractivity contribution in [3.63, 3.8) is 0 Å². The molecule has 0 radical (unpaired) electrons. The minimum atomic E-state index is 0.189. The Morgan fingerprint density at radius 1 is 0.629 bits per heavy atom. The van der Waals surface area contributed by atoms with E-state index in [0.717, 1.165) is 33.2 Å². The van der Waals surface area contributed by atoms with Crippen molar-refractivity contribution in [3.8, 4) is 11.4 Å². The van der Waals surface area contributed by atoms with Gasteiger partial charge in [0.15, 0.2) is 5.82 Å². The molecule has 2 heterocycles. The van der Waals surface area contributed by atoms with E-state index in [-0.39, 0.29) is 5.92 Å². The Kier molecular flexibility index (Phi) is 5.61. The molecule has 0 aliphatic carbocycles. The Morgan fingerprint density at radius 2 is 1.31 bits per heavy atom. The lowest BCUT2D eigenvalue weighted by molar-refractivity contribution is 0.849. The summed E-state index contributed by atoms with van der Waals surface area (Å²) in [6, 6.07) is 39.5. The maximum Gasteiger partial charge on any atom is 0.164 e. The van der Waals surface area contributed by atoms with Gasteiger partial charge >= 0.3 is 0 Å². The fourth-order valence-electron chi connectivity index (χ4n) is 4.61. The second-order valence-corrected chi connectivity index (χ2v) is 8.55. The average Bonchev–Trinajstić information content (AvgIpc) is 2.94. The third-order valence-corrected chi connectivity index (χ3v) is 6.35. The van der Waals surface area contributed by atoms with E-state index in [1.54, 1.807) is 0 Å². The highest BCUT2D eigenvalue weighted by atomic mass is 15.0. The van der Waals surface area contributed by atoms with Gasteiger partial charge in [0.1, 0.15) is 5.82 Å². The first-order valence-electron chi connectivity index (χ1n) is 11.8. The van der Waals surface area contributed by atoms with E-state index in [4.69, 9.17) is 9.97 Å². The summed E-state index contributed by atoms with van der Waals surface area (Å²) in [5.74, 6) is 1.69. The van der Waals surface area contributed by atoms with Crippen molar-refractivity contribution in [2.24, 2.45) is 0 Å². The zero-order valence-corrected chi connectivity index (χ0v) is 19.2. The number of hydrogen-bond acceptors (Lipinski definition) is 4. The Hall–Kier alpha value is -4.57. The molecule has 0 saturated carbocycles. The molecular weight excluding hydrogens is 428 g/mol. The number of para-hydroxylation sites is 2. The molecule has 0 saturated heterocycles. The number of rotatable bonds is 6. The lowest BCUT2D eigenvalue weighted by Gasteiger charge is -2.20. The van der Waals surface area contributed by atoms with Crippen molar-refractivity contribution in [1.29, 1.82) is 0 Å². The lowest BCUT2D eigenvalue weighted by atomic mass is 9.91. The van der Waals surface area contributed by atoms with E-state index in [1.165, 1.54) is 11.1 Å². The second kappa shape index (κ2) is 9.35. The summed E-state index contributed by atoms with van der Waals surface area (Å²) in [4.78, 5) is 14.5. The highest BCUT2D eigenvalue weighted by molar-refractivity contribution is 5.95. The van der Waals surface area contributed by atoms with Gasteiger partial charge in [0.05, 0.1) is 11.0 Å². The molecule has 0 aliphatic heterocycles. The monoisotopic (exact) mass is 452 g/mol. The molecule has 0 spiro atoms. The van der Waals surface area contributed by atoms with Crippen LogP contribution in [0.3, 0.4) is 0 Å². The largest absolute Gasteiger partial charge is 0.368 e. The number of aromatic nitrogens is 3. The third kappa shape index (κ3) is 4.22. The quantitative estimate of drug-likeness (QED) is 0.293. The Labute approximate surface area is 204 Å². The minimum Gasteiger partial charge on any atom is -0.368 e. The van der Waals surface area contributed by atoms with Crippen molar-refractivity contribution in [2.45, 2.75) is 5.92 Å². The molecule has 168 valence electrons. The molecule has 4 heteroatoms. The number of nitrogens with one attached hydrogen (secondary N) is 1. The smallest absolute Gasteiger partial charge is 0.164 e. The van der Waals surface area contributed by atoms with Gasteiger partial charge in [0, 0.05) is 35.0 Å². The van der Waals surface area contributed by atoms with Gasteiger partial charge in [0.2, 0.25) is 0 Å². The van der Waals surface area contributed by atoms with Crippen LogP contribution < -0.4 is 5.32 Å². The predicted molar refractivity (Wildman–Crippen MR) is 143 cm³/mol. The normalized spacial score (nSPS) is 11.2. The summed E-state index contributed by atoms with van der Waals surface area (Å²) < 4.78 is 0. The molecule has 0 amide bonds. The molecule has 0 bridgehead atoms. The van der Waals surface area contributed by atoms with E-state index in [0.29, 0.717) is 12.4 Å². The molecule has 4 nitrogen and oxygen atoms in total. The van der Waals surface area contributed by atoms with Crippen molar-refractivity contribution in [1.82, 2.24) is 15.0 Å². The molecule has 0 atom stereocenters. The zero-order chi connectivity index (χ0) is 23.5. The standard InChI is InChI=1S/C31H24N4/c1-3-11-22(12-4-1)27(23-13-5-2-6-14-23)21-33-30-25-17-7-8-19-28(25)34-31(35-30)26-18-9-15-24-16-10-20-32-29(24)26/h1-20,27H,21H2,(H,33,34,35). The van der Waals surface area contributed by atoms with Crippen molar-refractivity contribution in [3.05, 3.63) is 133 Å². The van der Waals surface area contributed by atoms with Gasteiger partial charge in [-0.05, 0) is 35.4 Å².